The Morgan fingerprint density at radius 3 is 1.24 bits per heavy atom. The van der Waals surface area contributed by atoms with Crippen LogP contribution < -0.4 is 0 Å². The quantitative estimate of drug-likeness (QED) is 0.480. The summed E-state index contributed by atoms with van der Waals surface area (Å²) in [7, 11) is 0. The Labute approximate surface area is 117 Å². The molecule has 0 aliphatic carbocycles. The van der Waals surface area contributed by atoms with Crippen LogP contribution in [0.3, 0.4) is 0 Å². The molecule has 0 heterocycles. The van der Waals surface area contributed by atoms with Crippen molar-refractivity contribution in [3.8, 4) is 0 Å². The molecule has 0 aromatic rings. The van der Waals surface area contributed by atoms with Crippen LogP contribution in [0.2, 0.25) is 0 Å². The first-order chi connectivity index (χ1) is 8.18. The average Bonchev–Trinajstić information content (AvgIpc) is 2.30. The van der Waals surface area contributed by atoms with E-state index in [1.807, 2.05) is 0 Å². The molecule has 0 aliphatic rings. The zero-order valence-electron chi connectivity index (χ0n) is 11.4. The van der Waals surface area contributed by atoms with E-state index >= 15 is 0 Å². The summed E-state index contributed by atoms with van der Waals surface area (Å²) in [4.78, 5) is 0. The zero-order chi connectivity index (χ0) is 13.0. The minimum absolute atomic E-state index is 0.729. The molecule has 0 rings (SSSR count). The first-order valence-electron chi connectivity index (χ1n) is 6.70. The molecule has 105 valence electrons. The molecular formula is C12H27BrO3V. The Bertz CT molecular complexity index is 143. The Kier molecular flexibility index (Phi) is 12.7. The second kappa shape index (κ2) is 12.0. The normalized spacial score (nSPS) is 12.0. The van der Waals surface area contributed by atoms with Gasteiger partial charge in [0.2, 0.25) is 0 Å². The van der Waals surface area contributed by atoms with Crippen molar-refractivity contribution in [2.75, 3.05) is 19.8 Å². The van der Waals surface area contributed by atoms with Gasteiger partial charge in [0, 0.05) is 0 Å². The van der Waals surface area contributed by atoms with Crippen molar-refractivity contribution in [3.05, 3.63) is 0 Å². The molecule has 0 N–H and O–H groups in total. The second-order valence-electron chi connectivity index (χ2n) is 3.99. The third-order valence-electron chi connectivity index (χ3n) is 2.23. The summed E-state index contributed by atoms with van der Waals surface area (Å²) in [5, 5.41) is 0. The van der Waals surface area contributed by atoms with E-state index in [1.54, 1.807) is 0 Å². The van der Waals surface area contributed by atoms with E-state index in [1.165, 1.54) is 0 Å². The zero-order valence-corrected chi connectivity index (χ0v) is 14.4. The number of rotatable bonds is 12. The van der Waals surface area contributed by atoms with Crippen LogP contribution in [0.5, 0.6) is 0 Å². The molecule has 0 radical (unpaired) electrons. The number of hydrogen-bond donors (Lipinski definition) is 0. The molecule has 0 atom stereocenters. The topological polar surface area (TPSA) is 27.7 Å². The second-order valence-corrected chi connectivity index (χ2v) is 10.1. The summed E-state index contributed by atoms with van der Waals surface area (Å²) in [6.45, 7) is 8.65. The predicted molar refractivity (Wildman–Crippen MR) is 71.5 cm³/mol. The Balaban J connectivity index is 3.95. The van der Waals surface area contributed by atoms with Gasteiger partial charge in [-0.1, -0.05) is 0 Å². The summed E-state index contributed by atoms with van der Waals surface area (Å²) in [5.74, 6) is 0. The molecule has 3 nitrogen and oxygen atoms in total. The van der Waals surface area contributed by atoms with Crippen LogP contribution >= 0.6 is 13.8 Å². The van der Waals surface area contributed by atoms with Gasteiger partial charge >= 0.3 is 117 Å². The Morgan fingerprint density at radius 1 is 0.706 bits per heavy atom. The first-order valence-corrected chi connectivity index (χ1v) is 11.9. The Morgan fingerprint density at radius 2 is 1.00 bits per heavy atom. The fraction of sp³-hybridized carbons (Fsp3) is 1.00. The molecule has 0 fully saturated rings. The van der Waals surface area contributed by atoms with Gasteiger partial charge in [-0.25, -0.2) is 0 Å². The van der Waals surface area contributed by atoms with Crippen molar-refractivity contribution in [1.29, 1.82) is 0 Å². The fourth-order valence-electron chi connectivity index (χ4n) is 1.07. The summed E-state index contributed by atoms with van der Waals surface area (Å²) < 4.78 is 17.4. The van der Waals surface area contributed by atoms with Gasteiger partial charge in [0.1, 0.15) is 0 Å². The molecule has 0 aliphatic heterocycles. The van der Waals surface area contributed by atoms with Crippen LogP contribution in [-0.4, -0.2) is 19.8 Å². The molecule has 0 saturated heterocycles. The number of hydrogen-bond acceptors (Lipinski definition) is 3. The van der Waals surface area contributed by atoms with Gasteiger partial charge in [0.25, 0.3) is 0 Å². The van der Waals surface area contributed by atoms with Crippen LogP contribution in [0.25, 0.3) is 0 Å². The maximum atomic E-state index is 5.81. The van der Waals surface area contributed by atoms with Gasteiger partial charge in [-0.2, -0.15) is 0 Å². The molecular weight excluding hydrogens is 323 g/mol. The van der Waals surface area contributed by atoms with Crippen molar-refractivity contribution in [2.45, 2.75) is 59.3 Å². The van der Waals surface area contributed by atoms with E-state index in [-0.39, 0.29) is 0 Å². The van der Waals surface area contributed by atoms with Crippen molar-refractivity contribution in [3.63, 3.8) is 0 Å². The summed E-state index contributed by atoms with van der Waals surface area (Å²) in [5.41, 5.74) is 0. The van der Waals surface area contributed by atoms with E-state index in [9.17, 15) is 0 Å². The number of unbranched alkanes of at least 4 members (excludes halogenated alkanes) is 3. The van der Waals surface area contributed by atoms with E-state index < -0.39 is 13.2 Å². The average molecular weight is 350 g/mol. The molecule has 17 heavy (non-hydrogen) atoms. The van der Waals surface area contributed by atoms with Gasteiger partial charge < -0.3 is 0 Å². The molecule has 0 aromatic heterocycles. The van der Waals surface area contributed by atoms with Crippen molar-refractivity contribution in [1.82, 2.24) is 0 Å². The third kappa shape index (κ3) is 10.5. The molecule has 0 amide bonds. The Hall–Kier alpha value is 0.944. The van der Waals surface area contributed by atoms with Gasteiger partial charge in [-0.3, -0.25) is 0 Å². The summed E-state index contributed by atoms with van der Waals surface area (Å²) in [6, 6.07) is 0. The molecule has 0 aromatic carbocycles. The van der Waals surface area contributed by atoms with E-state index in [0.717, 1.165) is 58.3 Å². The summed E-state index contributed by atoms with van der Waals surface area (Å²) >= 11 is 0.673. The van der Waals surface area contributed by atoms with E-state index in [4.69, 9.17) is 11.0 Å². The van der Waals surface area contributed by atoms with E-state index in [0.29, 0.717) is 0 Å². The van der Waals surface area contributed by atoms with Crippen LogP contribution in [-0.2, 0) is 24.2 Å². The van der Waals surface area contributed by atoms with Crippen LogP contribution in [0, 0.1) is 0 Å². The van der Waals surface area contributed by atoms with Crippen LogP contribution in [0.4, 0.5) is 0 Å². The monoisotopic (exact) mass is 349 g/mol. The maximum absolute atomic E-state index is 5.81. The third-order valence-corrected chi connectivity index (χ3v) is 7.06. The van der Waals surface area contributed by atoms with Gasteiger partial charge in [0.15, 0.2) is 0 Å². The van der Waals surface area contributed by atoms with Gasteiger partial charge in [0.05, 0.1) is 0 Å². The molecule has 0 spiro atoms. The van der Waals surface area contributed by atoms with Crippen LogP contribution in [0.15, 0.2) is 0 Å². The van der Waals surface area contributed by atoms with Crippen LogP contribution in [0.1, 0.15) is 59.3 Å². The number of halogens is 1. The van der Waals surface area contributed by atoms with Gasteiger partial charge in [-0.15, -0.1) is 0 Å². The van der Waals surface area contributed by atoms with Crippen molar-refractivity contribution >= 4 is 13.8 Å². The van der Waals surface area contributed by atoms with Crippen molar-refractivity contribution in [2.24, 2.45) is 0 Å². The minimum atomic E-state index is -2.91. The predicted octanol–water partition coefficient (Wildman–Crippen LogP) is 4.65. The SMILES string of the molecule is CCCC[O][V]([Br])([O]CCCC)[O]CCCC. The van der Waals surface area contributed by atoms with Gasteiger partial charge in [-0.05, 0) is 0 Å². The molecule has 0 bridgehead atoms. The van der Waals surface area contributed by atoms with E-state index in [2.05, 4.69) is 34.6 Å². The van der Waals surface area contributed by atoms with Crippen molar-refractivity contribution < 1.29 is 24.2 Å². The first kappa shape index (κ1) is 17.9. The standard InChI is InChI=1S/3C4H9O.BrH.V/c3*1-2-3-4-5;;/h3*2-4H2,1H3;1H;/q3*-1;;+4/p-1. The molecule has 0 unspecified atom stereocenters. The summed E-state index contributed by atoms with van der Waals surface area (Å²) in [6.07, 6.45) is 6.57. The molecule has 5 heteroatoms. The fourth-order valence-corrected chi connectivity index (χ4v) is 4.83. The molecule has 0 saturated carbocycles.